The highest BCUT2D eigenvalue weighted by atomic mass is 16.5. The third-order valence-corrected chi connectivity index (χ3v) is 2.40. The maximum atomic E-state index is 5.78. The SMILES string of the molecule is CCCCOCCOc1cc(C(C)N)ccn1. The predicted molar refractivity (Wildman–Crippen MR) is 68.1 cm³/mol. The van der Waals surface area contributed by atoms with E-state index in [0.29, 0.717) is 19.1 Å². The van der Waals surface area contributed by atoms with Crippen molar-refractivity contribution >= 4 is 0 Å². The van der Waals surface area contributed by atoms with Gasteiger partial charge in [0, 0.05) is 24.9 Å². The Bertz CT molecular complexity index is 316. The summed E-state index contributed by atoms with van der Waals surface area (Å²) in [6.45, 7) is 6.01. The van der Waals surface area contributed by atoms with Crippen LogP contribution in [0.4, 0.5) is 0 Å². The van der Waals surface area contributed by atoms with Gasteiger partial charge in [0.15, 0.2) is 0 Å². The van der Waals surface area contributed by atoms with E-state index >= 15 is 0 Å². The smallest absolute Gasteiger partial charge is 0.213 e. The van der Waals surface area contributed by atoms with Crippen LogP contribution in [0.2, 0.25) is 0 Å². The number of hydrogen-bond acceptors (Lipinski definition) is 4. The van der Waals surface area contributed by atoms with Crippen molar-refractivity contribution in [3.63, 3.8) is 0 Å². The first kappa shape index (κ1) is 13.9. The summed E-state index contributed by atoms with van der Waals surface area (Å²) >= 11 is 0. The van der Waals surface area contributed by atoms with Crippen LogP contribution in [-0.4, -0.2) is 24.8 Å². The van der Waals surface area contributed by atoms with Crippen molar-refractivity contribution in [2.45, 2.75) is 32.7 Å². The second-order valence-corrected chi connectivity index (χ2v) is 4.03. The molecule has 0 amide bonds. The average Bonchev–Trinajstić information content (AvgIpc) is 2.34. The Labute approximate surface area is 103 Å². The Balaban J connectivity index is 2.24. The van der Waals surface area contributed by atoms with Gasteiger partial charge in [0.25, 0.3) is 0 Å². The number of nitrogens with two attached hydrogens (primary N) is 1. The molecule has 96 valence electrons. The van der Waals surface area contributed by atoms with Crippen LogP contribution in [0.5, 0.6) is 5.88 Å². The number of nitrogens with zero attached hydrogens (tertiary/aromatic N) is 1. The number of pyridine rings is 1. The minimum Gasteiger partial charge on any atom is -0.475 e. The second kappa shape index (κ2) is 8.03. The molecule has 0 bridgehead atoms. The van der Waals surface area contributed by atoms with Crippen molar-refractivity contribution in [1.82, 2.24) is 4.98 Å². The maximum absolute atomic E-state index is 5.78. The monoisotopic (exact) mass is 238 g/mol. The molecule has 0 aromatic carbocycles. The molecular formula is C13H22N2O2. The van der Waals surface area contributed by atoms with E-state index in [0.717, 1.165) is 25.0 Å². The Hall–Kier alpha value is -1.13. The molecule has 1 aromatic heterocycles. The van der Waals surface area contributed by atoms with E-state index in [9.17, 15) is 0 Å². The second-order valence-electron chi connectivity index (χ2n) is 4.03. The Morgan fingerprint density at radius 2 is 2.18 bits per heavy atom. The van der Waals surface area contributed by atoms with Crippen molar-refractivity contribution in [1.29, 1.82) is 0 Å². The highest BCUT2D eigenvalue weighted by Crippen LogP contribution is 2.14. The lowest BCUT2D eigenvalue weighted by Crippen LogP contribution is -2.09. The van der Waals surface area contributed by atoms with Crippen LogP contribution in [0.3, 0.4) is 0 Å². The zero-order valence-corrected chi connectivity index (χ0v) is 10.7. The van der Waals surface area contributed by atoms with E-state index < -0.39 is 0 Å². The highest BCUT2D eigenvalue weighted by molar-refractivity contribution is 5.22. The summed E-state index contributed by atoms with van der Waals surface area (Å²) in [7, 11) is 0. The van der Waals surface area contributed by atoms with E-state index in [1.54, 1.807) is 6.20 Å². The number of unbranched alkanes of at least 4 members (excludes halogenated alkanes) is 1. The maximum Gasteiger partial charge on any atom is 0.213 e. The minimum absolute atomic E-state index is 0.00107. The van der Waals surface area contributed by atoms with Crippen LogP contribution in [0, 0.1) is 0 Å². The van der Waals surface area contributed by atoms with Crippen molar-refractivity contribution < 1.29 is 9.47 Å². The van der Waals surface area contributed by atoms with E-state index in [4.69, 9.17) is 15.2 Å². The van der Waals surface area contributed by atoms with E-state index in [1.165, 1.54) is 0 Å². The van der Waals surface area contributed by atoms with Gasteiger partial charge in [0.2, 0.25) is 5.88 Å². The fourth-order valence-electron chi connectivity index (χ4n) is 1.34. The largest absolute Gasteiger partial charge is 0.475 e. The van der Waals surface area contributed by atoms with Crippen LogP contribution in [-0.2, 0) is 4.74 Å². The van der Waals surface area contributed by atoms with Crippen molar-refractivity contribution in [2.75, 3.05) is 19.8 Å². The molecule has 1 aromatic rings. The van der Waals surface area contributed by atoms with Crippen molar-refractivity contribution in [3.8, 4) is 5.88 Å². The third kappa shape index (κ3) is 5.65. The van der Waals surface area contributed by atoms with Gasteiger partial charge in [-0.15, -0.1) is 0 Å². The molecule has 0 spiro atoms. The Kier molecular flexibility index (Phi) is 6.58. The first-order chi connectivity index (χ1) is 8.24. The summed E-state index contributed by atoms with van der Waals surface area (Å²) in [4.78, 5) is 4.12. The fraction of sp³-hybridized carbons (Fsp3) is 0.615. The molecule has 0 aliphatic heterocycles. The van der Waals surface area contributed by atoms with Crippen molar-refractivity contribution in [3.05, 3.63) is 23.9 Å². The number of aromatic nitrogens is 1. The summed E-state index contributed by atoms with van der Waals surface area (Å²) in [5, 5.41) is 0. The molecule has 1 heterocycles. The number of rotatable bonds is 8. The normalized spacial score (nSPS) is 12.4. The average molecular weight is 238 g/mol. The van der Waals surface area contributed by atoms with Crippen molar-refractivity contribution in [2.24, 2.45) is 5.73 Å². The fourth-order valence-corrected chi connectivity index (χ4v) is 1.34. The molecule has 0 aliphatic rings. The van der Waals surface area contributed by atoms with Gasteiger partial charge >= 0.3 is 0 Å². The molecule has 1 unspecified atom stereocenters. The zero-order chi connectivity index (χ0) is 12.5. The summed E-state index contributed by atoms with van der Waals surface area (Å²) in [5.41, 5.74) is 6.81. The van der Waals surface area contributed by atoms with Crippen LogP contribution in [0.25, 0.3) is 0 Å². The summed E-state index contributed by atoms with van der Waals surface area (Å²) in [6.07, 6.45) is 3.96. The van der Waals surface area contributed by atoms with E-state index in [1.807, 2.05) is 19.1 Å². The third-order valence-electron chi connectivity index (χ3n) is 2.40. The van der Waals surface area contributed by atoms with Gasteiger partial charge in [-0.25, -0.2) is 4.98 Å². The molecule has 1 atom stereocenters. The van der Waals surface area contributed by atoms with Crippen LogP contribution in [0.1, 0.15) is 38.3 Å². The van der Waals surface area contributed by atoms with E-state index in [2.05, 4.69) is 11.9 Å². The van der Waals surface area contributed by atoms with Crippen LogP contribution >= 0.6 is 0 Å². The molecule has 1 rings (SSSR count). The summed E-state index contributed by atoms with van der Waals surface area (Å²) in [6, 6.07) is 3.77. The zero-order valence-electron chi connectivity index (χ0n) is 10.7. The van der Waals surface area contributed by atoms with Crippen LogP contribution < -0.4 is 10.5 Å². The van der Waals surface area contributed by atoms with Gasteiger partial charge in [-0.05, 0) is 25.0 Å². The Morgan fingerprint density at radius 3 is 2.88 bits per heavy atom. The van der Waals surface area contributed by atoms with Crippen LogP contribution in [0.15, 0.2) is 18.3 Å². The summed E-state index contributed by atoms with van der Waals surface area (Å²) < 4.78 is 10.9. The quantitative estimate of drug-likeness (QED) is 0.706. The lowest BCUT2D eigenvalue weighted by molar-refractivity contribution is 0.0965. The lowest BCUT2D eigenvalue weighted by Gasteiger charge is -2.09. The van der Waals surface area contributed by atoms with Gasteiger partial charge < -0.3 is 15.2 Å². The highest BCUT2D eigenvalue weighted by Gasteiger charge is 2.02. The molecule has 4 nitrogen and oxygen atoms in total. The molecule has 4 heteroatoms. The first-order valence-corrected chi connectivity index (χ1v) is 6.16. The number of hydrogen-bond donors (Lipinski definition) is 1. The molecular weight excluding hydrogens is 216 g/mol. The predicted octanol–water partition coefficient (Wildman–Crippen LogP) is 2.30. The molecule has 0 aliphatic carbocycles. The van der Waals surface area contributed by atoms with Gasteiger partial charge in [0.05, 0.1) is 6.61 Å². The van der Waals surface area contributed by atoms with Gasteiger partial charge in [-0.3, -0.25) is 0 Å². The number of ether oxygens (including phenoxy) is 2. The molecule has 0 radical (unpaired) electrons. The topological polar surface area (TPSA) is 57.4 Å². The standard InChI is InChI=1S/C13H22N2O2/c1-3-4-7-16-8-9-17-13-10-12(11(2)14)5-6-15-13/h5-6,10-11H,3-4,7-9,14H2,1-2H3. The molecule has 17 heavy (non-hydrogen) atoms. The first-order valence-electron chi connectivity index (χ1n) is 6.16. The van der Waals surface area contributed by atoms with Gasteiger partial charge in [-0.2, -0.15) is 0 Å². The molecule has 2 N–H and O–H groups in total. The van der Waals surface area contributed by atoms with Gasteiger partial charge in [0.1, 0.15) is 6.61 Å². The lowest BCUT2D eigenvalue weighted by atomic mass is 10.1. The molecule has 0 saturated heterocycles. The van der Waals surface area contributed by atoms with E-state index in [-0.39, 0.29) is 6.04 Å². The Morgan fingerprint density at radius 1 is 1.35 bits per heavy atom. The molecule has 0 fully saturated rings. The minimum atomic E-state index is 0.00107. The summed E-state index contributed by atoms with van der Waals surface area (Å²) in [5.74, 6) is 0.610. The van der Waals surface area contributed by atoms with Gasteiger partial charge in [-0.1, -0.05) is 13.3 Å². The molecule has 0 saturated carbocycles.